The maximum atomic E-state index is 15.8. The van der Waals surface area contributed by atoms with Crippen LogP contribution < -0.4 is 59.3 Å². The molecule has 0 spiro atoms. The molecule has 16 atom stereocenters. The predicted octanol–water partition coefficient (Wildman–Crippen LogP) is 0.707. The molecule has 0 bridgehead atoms. The summed E-state index contributed by atoms with van der Waals surface area (Å²) in [5, 5.41) is 82.3. The summed E-state index contributed by atoms with van der Waals surface area (Å²) in [6.45, 7) is 8.34. The fraction of sp³-hybridized carbons (Fsp3) is 0.527. The standard InChI is InChI=1S/C91H121N21O21S2/c1-8-10-17-57-49(5)79(122)70(21-11-9-2)109(7)89(131)66(36-53-44-135-74-23-15-13-19-59(53)74)103-86(128)68(43-113)104-84(126)64(35-52-40-95-60-20-14-12-18-58(52)60)100-88(130)72-38-56(115)42-111(72)90(132)61(28-30-75(92)117)98-85(127)65(37-54-41-94-47-96-54)101-87(129)71-22-16-32-110(71)91(133)67(39-76(93)118)102-81(123)50(6)112-80(106-107-108-112)62(34-51-24-26-55(114)27-25-51)97-77(119)46-134-45-69(73(116)29-31-78(120)121)105-83(125)63(33-48(3)4)99-82(57)124/h12-15,18-20,23-27,40-41,44,47-50,56-57,61-72,95,113-115H,8-11,16-17,21-22,28-39,42-43,45-46H2,1-7H3,(H2,92,117)(H2,93,118)(H,94,96)(H,97,119)(H,98,127)(H,99,124)(H,100,130)(H,101,129)(H,102,123)(H,103,128)(H,104,126)(H,105,125)(H,120,121)/t49?,50-,56+,57+,61-,62-,63-,64-,65-,66-,67-,68-,69-,70-,71-,72-/m0/s1. The molecule has 3 aliphatic rings. The molecule has 44 heteroatoms. The van der Waals surface area contributed by atoms with Gasteiger partial charge in [0.05, 0.1) is 61.5 Å². The number of primary amides is 2. The van der Waals surface area contributed by atoms with Crippen molar-refractivity contribution in [1.82, 2.24) is 97.7 Å². The molecule has 0 saturated carbocycles. The lowest BCUT2D eigenvalue weighted by Gasteiger charge is -2.34. The Morgan fingerprint density at radius 3 is 1.90 bits per heavy atom. The summed E-state index contributed by atoms with van der Waals surface area (Å²) in [7, 11) is 1.39. The number of nitrogens with two attached hydrogens (primary N) is 2. The van der Waals surface area contributed by atoms with Crippen LogP contribution in [0.25, 0.3) is 21.0 Å². The van der Waals surface area contributed by atoms with Gasteiger partial charge in [0.25, 0.3) is 0 Å². The van der Waals surface area contributed by atoms with Gasteiger partial charge in [-0.3, -0.25) is 81.5 Å². The van der Waals surface area contributed by atoms with Gasteiger partial charge in [-0.05, 0) is 114 Å². The lowest BCUT2D eigenvalue weighted by atomic mass is 9.81. The van der Waals surface area contributed by atoms with E-state index in [0.29, 0.717) is 58.7 Å². The van der Waals surface area contributed by atoms with Crippen LogP contribution in [0.5, 0.6) is 5.75 Å². The molecule has 4 aromatic heterocycles. The predicted molar refractivity (Wildman–Crippen MR) is 493 cm³/mol. The number of thioether (sulfide) groups is 1. The minimum atomic E-state index is -1.89. The van der Waals surface area contributed by atoms with Crippen molar-refractivity contribution in [2.75, 3.05) is 38.2 Å². The Hall–Kier alpha value is -13.1. The minimum Gasteiger partial charge on any atom is -0.508 e. The number of tetrazole rings is 1. The zero-order valence-electron chi connectivity index (χ0n) is 76.3. The molecule has 2 saturated heterocycles. The second-order valence-electron chi connectivity index (χ2n) is 34.9. The molecule has 135 heavy (non-hydrogen) atoms. The van der Waals surface area contributed by atoms with Crippen LogP contribution in [0, 0.1) is 17.8 Å². The van der Waals surface area contributed by atoms with E-state index in [1.807, 2.05) is 32.0 Å². The number of aromatic hydroxyl groups is 1. The molecule has 14 amide bonds. The van der Waals surface area contributed by atoms with E-state index in [-0.39, 0.29) is 86.8 Å². The Morgan fingerprint density at radius 1 is 0.607 bits per heavy atom. The van der Waals surface area contributed by atoms with Crippen LogP contribution >= 0.6 is 23.1 Å². The molecular formula is C91H121N21O21S2. The summed E-state index contributed by atoms with van der Waals surface area (Å²) >= 11 is 2.20. The van der Waals surface area contributed by atoms with E-state index < -0.39 is 261 Å². The number of aromatic amines is 2. The number of benzene rings is 3. The fourth-order valence-electron chi connectivity index (χ4n) is 17.1. The number of phenols is 1. The normalized spacial score (nSPS) is 25.1. The minimum absolute atomic E-state index is 0.0273. The van der Waals surface area contributed by atoms with Crippen molar-refractivity contribution in [3.63, 3.8) is 0 Å². The number of thiophene rings is 1. The number of carboxylic acid groups (broad SMARTS) is 1. The number of H-pyrrole nitrogens is 2. The van der Waals surface area contributed by atoms with Crippen LogP contribution in [-0.4, -0.2) is 281 Å². The molecule has 1 unspecified atom stereocenters. The van der Waals surface area contributed by atoms with Gasteiger partial charge in [0.1, 0.15) is 66.2 Å². The zero-order valence-corrected chi connectivity index (χ0v) is 77.9. The number of aliphatic carboxylic acids is 1. The van der Waals surface area contributed by atoms with E-state index in [1.165, 1.54) is 67.0 Å². The van der Waals surface area contributed by atoms with Crippen LogP contribution in [-0.2, 0) is 107 Å². The molecule has 728 valence electrons. The number of carboxylic acids is 1. The molecular weight excluding hydrogens is 1790 g/mol. The summed E-state index contributed by atoms with van der Waals surface area (Å²) in [6, 6.07) is -0.274. The van der Waals surface area contributed by atoms with Crippen molar-refractivity contribution in [2.24, 2.45) is 29.2 Å². The maximum absolute atomic E-state index is 15.8. The number of amides is 14. The molecule has 19 N–H and O–H groups in total. The average Bonchev–Trinajstić information content (AvgIpc) is 1.71. The van der Waals surface area contributed by atoms with Gasteiger partial charge in [-0.25, -0.2) is 9.67 Å². The molecule has 7 heterocycles. The number of fused-ring (bicyclic) bond motifs is 5. The number of hydrogen-bond acceptors (Lipinski definition) is 26. The molecule has 0 radical (unpaired) electrons. The zero-order chi connectivity index (χ0) is 98.0. The molecule has 2 fully saturated rings. The smallest absolute Gasteiger partial charge is 0.303 e. The number of aromatic nitrogens is 7. The number of imidazole rings is 1. The van der Waals surface area contributed by atoms with Gasteiger partial charge in [0.15, 0.2) is 17.4 Å². The quantitative estimate of drug-likeness (QED) is 0.0355. The summed E-state index contributed by atoms with van der Waals surface area (Å²) < 4.78 is 1.84. The Bertz CT molecular complexity index is 5400. The van der Waals surface area contributed by atoms with Crippen molar-refractivity contribution in [1.29, 1.82) is 0 Å². The molecule has 0 aliphatic carbocycles. The van der Waals surface area contributed by atoms with E-state index in [2.05, 4.69) is 78.3 Å². The van der Waals surface area contributed by atoms with Crippen molar-refractivity contribution in [3.05, 3.63) is 125 Å². The maximum Gasteiger partial charge on any atom is 0.303 e. The van der Waals surface area contributed by atoms with Gasteiger partial charge in [-0.1, -0.05) is 109 Å². The van der Waals surface area contributed by atoms with Gasteiger partial charge in [0, 0.05) is 111 Å². The first-order valence-electron chi connectivity index (χ1n) is 45.3. The largest absolute Gasteiger partial charge is 0.508 e. The number of unbranched alkanes of at least 4 members (excludes halogenated alkanes) is 2. The summed E-state index contributed by atoms with van der Waals surface area (Å²) in [4.78, 5) is 262. The monoisotopic (exact) mass is 1910 g/mol. The number of aliphatic hydroxyl groups is 2. The number of ketones is 2. The number of para-hydroxylation sites is 1. The number of phenolic OH excluding ortho intramolecular Hbond substituents is 1. The lowest BCUT2D eigenvalue weighted by molar-refractivity contribution is -0.145. The first-order chi connectivity index (χ1) is 64.4. The summed E-state index contributed by atoms with van der Waals surface area (Å²) in [5.41, 5.74) is 13.8. The Balaban J connectivity index is 1.02. The second kappa shape index (κ2) is 49.2. The van der Waals surface area contributed by atoms with Gasteiger partial charge >= 0.3 is 5.97 Å². The molecule has 7 aromatic rings. The van der Waals surface area contributed by atoms with Crippen LogP contribution in [0.15, 0.2) is 96.9 Å². The molecule has 3 aliphatic heterocycles. The van der Waals surface area contributed by atoms with E-state index >= 15 is 38.4 Å². The van der Waals surface area contributed by atoms with Gasteiger partial charge in [0.2, 0.25) is 82.7 Å². The van der Waals surface area contributed by atoms with Crippen molar-refractivity contribution in [3.8, 4) is 5.75 Å². The average molecular weight is 1910 g/mol. The highest BCUT2D eigenvalue weighted by Crippen LogP contribution is 2.32. The van der Waals surface area contributed by atoms with Crippen molar-refractivity contribution >= 4 is 144 Å². The molecule has 42 nitrogen and oxygen atoms in total. The number of aliphatic hydroxyl groups excluding tert-OH is 2. The lowest BCUT2D eigenvalue weighted by Crippen LogP contribution is -2.61. The van der Waals surface area contributed by atoms with Crippen LogP contribution in [0.1, 0.15) is 178 Å². The fourth-order valence-corrected chi connectivity index (χ4v) is 19.0. The van der Waals surface area contributed by atoms with E-state index in [4.69, 9.17) is 11.5 Å². The third kappa shape index (κ3) is 28.3. The number of likely N-dealkylation sites (N-methyl/N-ethyl adjacent to an activating group) is 1. The number of carbonyl (C=O) groups is 17. The highest BCUT2D eigenvalue weighted by atomic mass is 32.2. The Labute approximate surface area is 786 Å². The van der Waals surface area contributed by atoms with Crippen molar-refractivity contribution in [2.45, 2.75) is 248 Å². The van der Waals surface area contributed by atoms with Crippen LogP contribution in [0.3, 0.4) is 0 Å². The molecule has 3 aromatic carbocycles. The first kappa shape index (κ1) is 104. The molecule has 10 rings (SSSR count). The third-order valence-electron chi connectivity index (χ3n) is 24.4. The highest BCUT2D eigenvalue weighted by Gasteiger charge is 2.47. The van der Waals surface area contributed by atoms with Gasteiger partial charge in [-0.15, -0.1) is 28.2 Å². The van der Waals surface area contributed by atoms with Crippen molar-refractivity contribution < 1.29 is 102 Å². The Morgan fingerprint density at radius 2 is 1.23 bits per heavy atom. The van der Waals surface area contributed by atoms with Gasteiger partial charge in [-0.2, -0.15) is 0 Å². The van der Waals surface area contributed by atoms with E-state index in [1.54, 1.807) is 62.7 Å². The topological polar surface area (TPSA) is 629 Å². The number of hydrogen-bond donors (Lipinski definition) is 17. The number of rotatable bonds is 26. The highest BCUT2D eigenvalue weighted by molar-refractivity contribution is 8.00. The second-order valence-corrected chi connectivity index (χ2v) is 36.9. The number of nitrogens with zero attached hydrogens (tertiary/aromatic N) is 8. The number of nitrogens with one attached hydrogen (secondary N) is 11. The third-order valence-corrected chi connectivity index (χ3v) is 26.5. The summed E-state index contributed by atoms with van der Waals surface area (Å²) in [5.74, 6) is -19.8. The summed E-state index contributed by atoms with van der Waals surface area (Å²) in [6.07, 6.45) is 0.217. The number of Topliss-reactive ketones (excluding diaryl/α,β-unsaturated/α-hetero) is 2. The van der Waals surface area contributed by atoms with Crippen LogP contribution in [0.4, 0.5) is 0 Å². The first-order valence-corrected chi connectivity index (χ1v) is 47.3. The van der Waals surface area contributed by atoms with Gasteiger partial charge < -0.3 is 104 Å². The number of carbonyl (C=O) groups excluding carboxylic acids is 16. The SMILES string of the molecule is CCCC[C@H]1C(=O)N[C@@H](CC(C)C)C(=O)N[C@H](C(=O)CCC(=O)O)CSCC(=O)N[C@@H](Cc2ccc(O)cc2)c2nnnn2[C@@H](C)C(=O)N[C@@H](CC(N)=O)C(=O)N2CCC[C@H]2C(=O)N[C@@H](Cc2c[nH]cn2)C(=O)N[C@@H](CCC(N)=O)C(=O)N2C[C@H](O)C[C@H]2C(=O)N[C@@H](Cc2c[nH]c3ccccc23)C(=O)N[C@@H](CO)C(=O)N[C@@H](Cc2csc3ccccc23)C(=O)N(C)[C@@H](CCCC)C(=O)C1C. The van der Waals surface area contributed by atoms with Crippen LogP contribution in [0.2, 0.25) is 0 Å². The van der Waals surface area contributed by atoms with E-state index in [9.17, 15) is 63.6 Å². The van der Waals surface area contributed by atoms with E-state index in [0.717, 1.165) is 30.9 Å². The Kier molecular flexibility index (Phi) is 37.9.